The third kappa shape index (κ3) is 14.1. The Morgan fingerprint density at radius 2 is 1.25 bits per heavy atom. The smallest absolute Gasteiger partial charge is 0.341 e. The number of halogens is 3. The minimum Gasteiger partial charge on any atom is -0.482 e. The van der Waals surface area contributed by atoms with Crippen LogP contribution in [0.2, 0.25) is 51.7 Å². The standard InChI is InChI=1S/C18H26ClN3O3Si.C10H20N2OSi.C8H7Cl2NO2/c1-7-24-17(23)13-8-9-14(20-16(13)19)22-11-10-15(21-22)25-12-26(5,6)18(2,3)4;1-10(2,3)14(4,5)8-13-9-6-7-11-12-9;1-2-13-8(12)5-3-4-6(9)11-7(5)10/h8-11H,7,12H2,1-6H3;6-7H,8H2,1-5H3,(H,11,12);3-4H,2H2,1H3. The van der Waals surface area contributed by atoms with Crippen molar-refractivity contribution in [2.75, 3.05) is 25.7 Å². The van der Waals surface area contributed by atoms with Gasteiger partial charge in [0.25, 0.3) is 0 Å². The Kier molecular flexibility index (Phi) is 17.0. The second-order valence-corrected chi connectivity index (χ2v) is 27.5. The number of carbonyl (C=O) groups is 2. The van der Waals surface area contributed by atoms with Crippen molar-refractivity contribution in [2.24, 2.45) is 0 Å². The van der Waals surface area contributed by atoms with Crippen molar-refractivity contribution in [3.63, 3.8) is 0 Å². The molecule has 4 aromatic rings. The van der Waals surface area contributed by atoms with Crippen LogP contribution in [0.5, 0.6) is 11.8 Å². The highest BCUT2D eigenvalue weighted by molar-refractivity contribution is 6.80. The molecule has 0 saturated carbocycles. The molecule has 0 bridgehead atoms. The summed E-state index contributed by atoms with van der Waals surface area (Å²) in [6, 6.07) is 9.87. The zero-order valence-corrected chi connectivity index (χ0v) is 37.0. The van der Waals surface area contributed by atoms with E-state index in [1.54, 1.807) is 49.1 Å². The van der Waals surface area contributed by atoms with Gasteiger partial charge in [0, 0.05) is 18.3 Å². The maximum Gasteiger partial charge on any atom is 0.341 e. The van der Waals surface area contributed by atoms with E-state index in [4.69, 9.17) is 53.8 Å². The molecule has 0 atom stereocenters. The van der Waals surface area contributed by atoms with Crippen molar-refractivity contribution in [1.82, 2.24) is 29.9 Å². The van der Waals surface area contributed by atoms with Crippen LogP contribution in [0.3, 0.4) is 0 Å². The van der Waals surface area contributed by atoms with Gasteiger partial charge >= 0.3 is 11.9 Å². The number of nitrogens with zero attached hydrogens (tertiary/aromatic N) is 5. The van der Waals surface area contributed by atoms with Crippen molar-refractivity contribution in [3.8, 4) is 17.6 Å². The van der Waals surface area contributed by atoms with E-state index in [0.717, 1.165) is 12.1 Å². The number of rotatable bonds is 11. The van der Waals surface area contributed by atoms with Crippen LogP contribution in [-0.4, -0.2) is 83.7 Å². The normalized spacial score (nSPS) is 11.8. The molecule has 0 aliphatic carbocycles. The predicted octanol–water partition coefficient (Wildman–Crippen LogP) is 9.93. The average Bonchev–Trinajstić information content (AvgIpc) is 3.75. The van der Waals surface area contributed by atoms with Crippen LogP contribution < -0.4 is 9.47 Å². The first-order valence-corrected chi connectivity index (χ1v) is 24.7. The molecule has 0 fully saturated rings. The summed E-state index contributed by atoms with van der Waals surface area (Å²) < 4.78 is 22.9. The highest BCUT2D eigenvalue weighted by Crippen LogP contribution is 2.37. The van der Waals surface area contributed by atoms with E-state index in [2.05, 4.69) is 93.0 Å². The number of ether oxygens (including phenoxy) is 4. The summed E-state index contributed by atoms with van der Waals surface area (Å²) >= 11 is 17.3. The van der Waals surface area contributed by atoms with E-state index in [-0.39, 0.29) is 38.2 Å². The first-order chi connectivity index (χ1) is 24.5. The maximum atomic E-state index is 11.8. The Hall–Kier alpha value is -3.44. The fourth-order valence-corrected chi connectivity index (χ4v) is 6.01. The monoisotopic (exact) mass is 826 g/mol. The van der Waals surface area contributed by atoms with Gasteiger partial charge in [-0.1, -0.05) is 103 Å². The Balaban J connectivity index is 0.000000303. The number of pyridine rings is 2. The third-order valence-electron chi connectivity index (χ3n) is 9.14. The maximum absolute atomic E-state index is 11.8. The minimum absolute atomic E-state index is 0.0611. The van der Waals surface area contributed by atoms with Crippen molar-refractivity contribution in [2.45, 2.75) is 91.7 Å². The largest absolute Gasteiger partial charge is 0.482 e. The fraction of sp³-hybridized carbons (Fsp3) is 0.500. The van der Waals surface area contributed by atoms with E-state index >= 15 is 0 Å². The number of aromatic amines is 1. The molecule has 0 radical (unpaired) electrons. The molecular formula is C36H53Cl3N6O6Si2. The molecular weight excluding hydrogens is 775 g/mol. The molecule has 292 valence electrons. The van der Waals surface area contributed by atoms with E-state index < -0.39 is 28.1 Å². The minimum atomic E-state index is -1.55. The SMILES string of the molecule is CC(C)(C)[Si](C)(C)COc1ccn[nH]1.CCOC(=O)c1ccc(-n2ccc(OC[Si](C)(C)C(C)(C)C)n2)nc1Cl.CCOC(=O)c1ccc(Cl)nc1Cl. The zero-order chi connectivity index (χ0) is 40.2. The molecule has 0 aromatic carbocycles. The lowest BCUT2D eigenvalue weighted by Crippen LogP contribution is -2.43. The quantitative estimate of drug-likeness (QED) is 0.0882. The van der Waals surface area contributed by atoms with Gasteiger partial charge in [-0.15, -0.1) is 5.10 Å². The zero-order valence-electron chi connectivity index (χ0n) is 32.8. The van der Waals surface area contributed by atoms with Gasteiger partial charge in [-0.25, -0.2) is 29.3 Å². The van der Waals surface area contributed by atoms with Crippen LogP contribution in [0.1, 0.15) is 76.1 Å². The van der Waals surface area contributed by atoms with Crippen LogP contribution in [0, 0.1) is 0 Å². The molecule has 0 saturated heterocycles. The molecule has 0 aliphatic heterocycles. The Labute approximate surface area is 330 Å². The number of carbonyl (C=O) groups excluding carboxylic acids is 2. The molecule has 0 spiro atoms. The fourth-order valence-electron chi connectivity index (χ4n) is 3.47. The van der Waals surface area contributed by atoms with Crippen molar-refractivity contribution in [3.05, 3.63) is 75.4 Å². The molecule has 0 amide bonds. The first-order valence-electron chi connectivity index (χ1n) is 17.2. The lowest BCUT2D eigenvalue weighted by molar-refractivity contribution is 0.0516. The molecule has 12 nitrogen and oxygen atoms in total. The number of H-pyrrole nitrogens is 1. The molecule has 4 aromatic heterocycles. The highest BCUT2D eigenvalue weighted by Gasteiger charge is 2.37. The van der Waals surface area contributed by atoms with Gasteiger partial charge in [0.15, 0.2) is 5.82 Å². The number of nitrogens with one attached hydrogen (secondary N) is 1. The number of hydrogen-bond donors (Lipinski definition) is 1. The van der Waals surface area contributed by atoms with Crippen LogP contribution >= 0.6 is 34.8 Å². The van der Waals surface area contributed by atoms with Crippen LogP contribution in [-0.2, 0) is 9.47 Å². The Bertz CT molecular complexity index is 1770. The molecule has 4 heterocycles. The molecule has 17 heteroatoms. The molecule has 53 heavy (non-hydrogen) atoms. The van der Waals surface area contributed by atoms with Gasteiger partial charge in [0.05, 0.1) is 59.1 Å². The van der Waals surface area contributed by atoms with Gasteiger partial charge in [-0.05, 0) is 48.2 Å². The number of aromatic nitrogens is 6. The van der Waals surface area contributed by atoms with Crippen LogP contribution in [0.15, 0.2) is 48.8 Å². The molecule has 0 unspecified atom stereocenters. The second-order valence-electron chi connectivity index (χ2n) is 15.3. The average molecular weight is 828 g/mol. The van der Waals surface area contributed by atoms with E-state index in [0.29, 0.717) is 29.6 Å². The third-order valence-corrected chi connectivity index (χ3v) is 19.8. The summed E-state index contributed by atoms with van der Waals surface area (Å²) in [6.45, 7) is 27.0. The molecule has 4 rings (SSSR count). The summed E-state index contributed by atoms with van der Waals surface area (Å²) in [5.41, 5.74) is 0.465. The van der Waals surface area contributed by atoms with Gasteiger partial charge in [-0.3, -0.25) is 0 Å². The summed E-state index contributed by atoms with van der Waals surface area (Å²) in [7, 11) is -2.89. The second kappa shape index (κ2) is 19.8. The Morgan fingerprint density at radius 3 is 1.70 bits per heavy atom. The summed E-state index contributed by atoms with van der Waals surface area (Å²) in [4.78, 5) is 30.9. The van der Waals surface area contributed by atoms with Crippen LogP contribution in [0.4, 0.5) is 0 Å². The summed E-state index contributed by atoms with van der Waals surface area (Å²) in [5, 5.41) is 12.1. The number of hydrogen-bond acceptors (Lipinski definition) is 10. The van der Waals surface area contributed by atoms with Gasteiger partial charge < -0.3 is 18.9 Å². The van der Waals surface area contributed by atoms with Crippen molar-refractivity contribution < 1.29 is 28.5 Å². The van der Waals surface area contributed by atoms with Gasteiger partial charge in [0.1, 0.15) is 15.5 Å². The number of esters is 2. The first kappa shape index (κ1) is 45.7. The van der Waals surface area contributed by atoms with E-state index in [1.807, 2.05) is 6.07 Å². The van der Waals surface area contributed by atoms with Crippen molar-refractivity contribution >= 4 is 62.9 Å². The van der Waals surface area contributed by atoms with Gasteiger partial charge in [-0.2, -0.15) is 5.10 Å². The summed E-state index contributed by atoms with van der Waals surface area (Å²) in [5.74, 6) is 0.842. The topological polar surface area (TPSA) is 143 Å². The molecule has 0 aliphatic rings. The van der Waals surface area contributed by atoms with E-state index in [9.17, 15) is 9.59 Å². The lowest BCUT2D eigenvalue weighted by Gasteiger charge is -2.36. The highest BCUT2D eigenvalue weighted by atomic mass is 35.5. The lowest BCUT2D eigenvalue weighted by atomic mass is 10.2. The summed E-state index contributed by atoms with van der Waals surface area (Å²) in [6.07, 6.45) is 4.98. The van der Waals surface area contributed by atoms with Gasteiger partial charge in [0.2, 0.25) is 11.8 Å². The van der Waals surface area contributed by atoms with E-state index in [1.165, 1.54) is 12.1 Å². The van der Waals surface area contributed by atoms with Crippen molar-refractivity contribution in [1.29, 1.82) is 0 Å². The predicted molar refractivity (Wildman–Crippen MR) is 217 cm³/mol. The Morgan fingerprint density at radius 1 is 0.736 bits per heavy atom. The molecule has 1 N–H and O–H groups in total. The van der Waals surface area contributed by atoms with Crippen LogP contribution in [0.25, 0.3) is 5.82 Å².